The standard InChI is InChI=1S/C13H26N2.C12H23N.C10H21NO.C10H19N.2C9H17NO.C9H19NO.C9H19N.C8H17NO.C8H17N.CO2/c1-12(2,3)15-9-6-13(7-10-15)5-8-14(4)11-13;1-11(2)13-9-8-12(10-13)6-4-3-5-7-12;1-9(2,3)11-6-7-12-10(4,5)8-11;1-8(2)11-6-9-4-3-5-10(9)7-11;1-7(2)10-8-3-4-9(10)6-11-5-8;1-7(2)10-5-8-3-4-9(6-10)11-8;1-8-7-10(5-6-11-8)9(2,3)4;1-9(2)10-7-5-3-4-6-8-10;1-8(2,3)9-4-6-10-7-5-9;1-8(2)9-6-4-3-5-7-9;2-1-3/h5-11H2,1-4H3;11H,3-10H2,1-2H3;6-8H2,1-5H3;8-10H,3-7H2,1-2H3;2*7-9H,3-6H2,1-2H3;8H,5-7H2,1-4H3;9H,3-8H2,1-2H3;4-7H2,1-3H3;8H,3-7H2,1-2H3;. The van der Waals surface area contributed by atoms with Crippen LogP contribution in [0.3, 0.4) is 0 Å². The Morgan fingerprint density at radius 1 is 0.353 bits per heavy atom. The van der Waals surface area contributed by atoms with E-state index in [-0.39, 0.29) is 17.3 Å². The van der Waals surface area contributed by atoms with Crippen LogP contribution in [0.4, 0.5) is 0 Å². The van der Waals surface area contributed by atoms with Gasteiger partial charge in [-0.2, -0.15) is 9.59 Å². The van der Waals surface area contributed by atoms with Crippen molar-refractivity contribution in [3.63, 3.8) is 0 Å². The summed E-state index contributed by atoms with van der Waals surface area (Å²) >= 11 is 0. The van der Waals surface area contributed by atoms with Crippen molar-refractivity contribution in [2.45, 2.75) is 429 Å². The molecule has 13 heterocycles. The molecule has 2 saturated carbocycles. The fourth-order valence-corrected chi connectivity index (χ4v) is 20.9. The van der Waals surface area contributed by atoms with E-state index in [0.29, 0.717) is 52.4 Å². The fraction of sp³-hybridized carbons (Fsp3) is 0.990. The molecule has 15 rings (SSSR count). The third-order valence-electron chi connectivity index (χ3n) is 28.7. The van der Waals surface area contributed by atoms with E-state index in [1.807, 2.05) is 0 Å². The van der Waals surface area contributed by atoms with Gasteiger partial charge in [0.2, 0.25) is 0 Å². The lowest BCUT2D eigenvalue weighted by Gasteiger charge is -2.45. The van der Waals surface area contributed by atoms with Crippen LogP contribution < -0.4 is 0 Å². The molecule has 2 aliphatic carbocycles. The van der Waals surface area contributed by atoms with Crippen LogP contribution in [0.2, 0.25) is 0 Å². The van der Waals surface area contributed by atoms with Crippen LogP contribution in [0.15, 0.2) is 0 Å². The average Bonchev–Trinajstić information content (AvgIpc) is 1.24. The maximum atomic E-state index is 8.12. The van der Waals surface area contributed by atoms with Crippen molar-refractivity contribution in [3.8, 4) is 0 Å². The van der Waals surface area contributed by atoms with Crippen molar-refractivity contribution in [1.29, 1.82) is 0 Å². The minimum atomic E-state index is 0.0333. The van der Waals surface area contributed by atoms with Gasteiger partial charge in [-0.05, 0) is 372 Å². The number of nitrogens with zero attached hydrogens (tertiary/aromatic N) is 11. The second kappa shape index (κ2) is 51.4. The molecule has 0 aromatic rings. The number of rotatable bonds is 6. The van der Waals surface area contributed by atoms with E-state index in [4.69, 9.17) is 33.3 Å². The highest BCUT2D eigenvalue weighted by Crippen LogP contribution is 2.45. The molecule has 684 valence electrons. The monoisotopic (exact) mass is 1640 g/mol. The smallest absolute Gasteiger partial charge is 0.373 e. The molecular weight excluding hydrogens is 1440 g/mol. The summed E-state index contributed by atoms with van der Waals surface area (Å²) in [5.41, 5.74) is 2.74. The number of likely N-dealkylation sites (tertiary alicyclic amines) is 7. The summed E-state index contributed by atoms with van der Waals surface area (Å²) < 4.78 is 27.6. The third kappa shape index (κ3) is 38.3. The lowest BCUT2D eigenvalue weighted by atomic mass is 9.73. The largest absolute Gasteiger partial charge is 0.379 e. The van der Waals surface area contributed by atoms with E-state index in [1.165, 1.54) is 226 Å². The van der Waals surface area contributed by atoms with Gasteiger partial charge >= 0.3 is 6.15 Å². The molecule has 0 amide bonds. The average molecular weight is 1640 g/mol. The maximum absolute atomic E-state index is 8.12. The Morgan fingerprint density at radius 3 is 1.12 bits per heavy atom. The minimum absolute atomic E-state index is 0.0333. The van der Waals surface area contributed by atoms with Crippen LogP contribution in [0.5, 0.6) is 0 Å². The Labute approximate surface area is 718 Å². The topological polar surface area (TPSA) is 116 Å². The number of hydrogen-bond donors (Lipinski definition) is 0. The molecule has 0 radical (unpaired) electrons. The number of piperidine rings is 2. The van der Waals surface area contributed by atoms with Gasteiger partial charge in [0.15, 0.2) is 0 Å². The molecule has 15 aliphatic rings. The summed E-state index contributed by atoms with van der Waals surface area (Å²) in [6.07, 6.45) is 34.8. The molecule has 116 heavy (non-hydrogen) atoms. The summed E-state index contributed by atoms with van der Waals surface area (Å²) in [6.45, 7) is 91.7. The Morgan fingerprint density at radius 2 is 0.750 bits per heavy atom. The van der Waals surface area contributed by atoms with E-state index >= 15 is 0 Å². The Balaban J connectivity index is 0.000000230. The molecule has 18 nitrogen and oxygen atoms in total. The number of morpholine rings is 5. The fourth-order valence-electron chi connectivity index (χ4n) is 20.9. The summed E-state index contributed by atoms with van der Waals surface area (Å²) in [5, 5.41) is 0. The zero-order valence-corrected chi connectivity index (χ0v) is 81.9. The van der Waals surface area contributed by atoms with Gasteiger partial charge in [0.05, 0.1) is 63.6 Å². The predicted octanol–water partition coefficient (Wildman–Crippen LogP) is 18.0. The van der Waals surface area contributed by atoms with Crippen LogP contribution in [0, 0.1) is 22.7 Å². The van der Waals surface area contributed by atoms with Crippen LogP contribution in [-0.4, -0.2) is 332 Å². The molecule has 0 aromatic heterocycles. The normalized spacial score (nSPS) is 29.1. The van der Waals surface area contributed by atoms with Gasteiger partial charge in [-0.15, -0.1) is 0 Å². The molecule has 13 saturated heterocycles. The van der Waals surface area contributed by atoms with Gasteiger partial charge in [0.25, 0.3) is 0 Å². The molecule has 2 spiro atoms. The van der Waals surface area contributed by atoms with Gasteiger partial charge in [-0.3, -0.25) is 29.4 Å². The van der Waals surface area contributed by atoms with Crippen LogP contribution in [-0.2, 0) is 33.3 Å². The molecule has 7 unspecified atom stereocenters. The van der Waals surface area contributed by atoms with Crippen molar-refractivity contribution >= 4 is 6.15 Å². The Hall–Kier alpha value is -1.26. The van der Waals surface area contributed by atoms with Crippen LogP contribution >= 0.6 is 0 Å². The molecule has 15 fully saturated rings. The first-order valence-electron chi connectivity index (χ1n) is 48.6. The second-order valence-electron chi connectivity index (χ2n) is 44.6. The van der Waals surface area contributed by atoms with Gasteiger partial charge < -0.3 is 48.2 Å². The highest BCUT2D eigenvalue weighted by molar-refractivity contribution is 5.20. The molecule has 7 atom stereocenters. The SMILES string of the molecule is CC(C)(C)N1CCOCC1.CC(C)N1C2CCC1COC2.CC(C)N1CC2CCC(C1)O2.CC(C)N1CC2CCCC2C1.CC(C)N1CCC2(CCCCC2)C1.CC(C)N1CCCCC1.CC(C)N1CCCCCC1.CC1(C)CN(C(C)(C)C)CCO1.CC1CN(C(C)(C)C)CCO1.CN1CCC2(CCN(C(C)(C)C)CC2)C1.O=C=O. The first-order valence-corrected chi connectivity index (χ1v) is 48.6. The summed E-state index contributed by atoms with van der Waals surface area (Å²) in [4.78, 5) is 44.4. The second-order valence-corrected chi connectivity index (χ2v) is 44.6. The number of ether oxygens (including phenoxy) is 5. The first-order chi connectivity index (χ1) is 54.4. The minimum Gasteiger partial charge on any atom is -0.379 e. The molecule has 13 aliphatic heterocycles. The van der Waals surface area contributed by atoms with Crippen molar-refractivity contribution in [1.82, 2.24) is 53.9 Å². The first kappa shape index (κ1) is 105. The highest BCUT2D eigenvalue weighted by atomic mass is 16.5. The van der Waals surface area contributed by atoms with Gasteiger partial charge in [0, 0.05) is 149 Å². The molecule has 18 heteroatoms. The molecular formula is C98H195N11O7. The third-order valence-corrected chi connectivity index (χ3v) is 28.7. The number of hydrogen-bond acceptors (Lipinski definition) is 18. The quantitative estimate of drug-likeness (QED) is 0.251. The van der Waals surface area contributed by atoms with Crippen molar-refractivity contribution in [2.75, 3.05) is 178 Å². The van der Waals surface area contributed by atoms with E-state index in [9.17, 15) is 0 Å². The van der Waals surface area contributed by atoms with Gasteiger partial charge in [-0.25, -0.2) is 0 Å². The van der Waals surface area contributed by atoms with Gasteiger partial charge in [-0.1, -0.05) is 44.9 Å². The van der Waals surface area contributed by atoms with Crippen molar-refractivity contribution in [2.24, 2.45) is 22.7 Å². The van der Waals surface area contributed by atoms with E-state index in [0.717, 1.165) is 146 Å². The number of fused-ring (bicyclic) bond motifs is 5. The lowest BCUT2D eigenvalue weighted by Crippen LogP contribution is -2.55. The van der Waals surface area contributed by atoms with Crippen LogP contribution in [0.1, 0.15) is 335 Å². The van der Waals surface area contributed by atoms with E-state index in [1.54, 1.807) is 0 Å². The zero-order valence-electron chi connectivity index (χ0n) is 81.9. The summed E-state index contributed by atoms with van der Waals surface area (Å²) in [7, 11) is 2.27. The van der Waals surface area contributed by atoms with Crippen LogP contribution in [0.25, 0.3) is 0 Å². The van der Waals surface area contributed by atoms with E-state index in [2.05, 4.69) is 248 Å². The zero-order chi connectivity index (χ0) is 86.2. The van der Waals surface area contributed by atoms with E-state index < -0.39 is 0 Å². The molecule has 4 bridgehead atoms. The summed E-state index contributed by atoms with van der Waals surface area (Å²) in [6, 6.07) is 5.94. The Bertz CT molecular complexity index is 2530. The number of carbonyl (C=O) groups excluding carboxylic acids is 2. The van der Waals surface area contributed by atoms with Gasteiger partial charge in [0.1, 0.15) is 0 Å². The maximum Gasteiger partial charge on any atom is 0.373 e. The van der Waals surface area contributed by atoms with Crippen molar-refractivity contribution < 1.29 is 33.3 Å². The predicted molar refractivity (Wildman–Crippen MR) is 490 cm³/mol. The molecule has 0 aromatic carbocycles. The highest BCUT2D eigenvalue weighted by Gasteiger charge is 2.44. The Kier molecular flexibility index (Phi) is 46.6. The molecule has 0 N–H and O–H groups in total. The lowest BCUT2D eigenvalue weighted by molar-refractivity contribution is -0.191. The van der Waals surface area contributed by atoms with Crippen molar-refractivity contribution in [3.05, 3.63) is 0 Å². The summed E-state index contributed by atoms with van der Waals surface area (Å²) in [5.74, 6) is 2.13.